The van der Waals surface area contributed by atoms with Crippen molar-refractivity contribution < 1.29 is 9.90 Å². The maximum atomic E-state index is 12.2. The number of benzene rings is 1. The van der Waals surface area contributed by atoms with Crippen molar-refractivity contribution in [3.8, 4) is 0 Å². The number of nitrogens with one attached hydrogen (secondary N) is 1. The number of carbonyl (C=O) groups is 1. The summed E-state index contributed by atoms with van der Waals surface area (Å²) in [6.07, 6.45) is 2.50. The molecule has 2 N–H and O–H groups in total. The zero-order valence-corrected chi connectivity index (χ0v) is 13.1. The molecule has 0 radical (unpaired) electrons. The lowest BCUT2D eigenvalue weighted by atomic mass is 10.1. The highest BCUT2D eigenvalue weighted by molar-refractivity contribution is 5.95. The molecule has 1 unspecified atom stereocenters. The minimum absolute atomic E-state index is 0.128. The van der Waals surface area contributed by atoms with Crippen LogP contribution in [0.4, 0.5) is 0 Å². The molecule has 5 nitrogen and oxygen atoms in total. The Hall–Kier alpha value is -2.14. The maximum Gasteiger partial charge on any atom is 0.254 e. The normalized spacial score (nSPS) is 12.1. The minimum atomic E-state index is -0.410. The summed E-state index contributed by atoms with van der Waals surface area (Å²) in [7, 11) is 0. The van der Waals surface area contributed by atoms with Crippen LogP contribution in [-0.2, 0) is 13.0 Å². The van der Waals surface area contributed by atoms with E-state index in [4.69, 9.17) is 0 Å². The second-order valence-electron chi connectivity index (χ2n) is 5.40. The van der Waals surface area contributed by atoms with E-state index in [1.54, 1.807) is 13.1 Å². The van der Waals surface area contributed by atoms with Crippen molar-refractivity contribution in [1.82, 2.24) is 15.1 Å². The van der Waals surface area contributed by atoms with Gasteiger partial charge in [-0.3, -0.25) is 9.48 Å². The predicted octanol–water partition coefficient (Wildman–Crippen LogP) is 1.99. The van der Waals surface area contributed by atoms with Crippen molar-refractivity contribution in [3.05, 3.63) is 53.3 Å². The zero-order chi connectivity index (χ0) is 15.9. The van der Waals surface area contributed by atoms with Crippen LogP contribution in [0.3, 0.4) is 0 Å². The van der Waals surface area contributed by atoms with Crippen LogP contribution < -0.4 is 5.32 Å². The van der Waals surface area contributed by atoms with E-state index in [2.05, 4.69) is 10.4 Å². The summed E-state index contributed by atoms with van der Waals surface area (Å²) in [4.78, 5) is 12.2. The molecule has 0 bridgehead atoms. The average molecular weight is 301 g/mol. The molecule has 0 aliphatic rings. The van der Waals surface area contributed by atoms with Crippen molar-refractivity contribution >= 4 is 5.91 Å². The van der Waals surface area contributed by atoms with Crippen LogP contribution in [0.25, 0.3) is 0 Å². The number of rotatable bonds is 7. The number of carbonyl (C=O) groups excluding carboxylic acids is 1. The molecule has 1 aromatic heterocycles. The van der Waals surface area contributed by atoms with Crippen LogP contribution in [0.2, 0.25) is 0 Å². The Balaban J connectivity index is 2.08. The lowest BCUT2D eigenvalue weighted by Gasteiger charge is -2.09. The Morgan fingerprint density at radius 3 is 2.73 bits per heavy atom. The molecule has 2 rings (SSSR count). The molecule has 2 aromatic rings. The summed E-state index contributed by atoms with van der Waals surface area (Å²) in [5, 5.41) is 16.4. The fraction of sp³-hybridized carbons (Fsp3) is 0.412. The van der Waals surface area contributed by atoms with Gasteiger partial charge in [0, 0.05) is 6.54 Å². The Morgan fingerprint density at radius 1 is 1.36 bits per heavy atom. The molecule has 1 aromatic carbocycles. The van der Waals surface area contributed by atoms with Crippen LogP contribution in [0.15, 0.2) is 36.5 Å². The van der Waals surface area contributed by atoms with E-state index in [-0.39, 0.29) is 5.91 Å². The van der Waals surface area contributed by atoms with Crippen molar-refractivity contribution in [2.45, 2.75) is 39.3 Å². The smallest absolute Gasteiger partial charge is 0.254 e. The Morgan fingerprint density at radius 2 is 2.09 bits per heavy atom. The monoisotopic (exact) mass is 301 g/mol. The molecule has 1 amide bonds. The van der Waals surface area contributed by atoms with E-state index in [0.29, 0.717) is 25.1 Å². The van der Waals surface area contributed by atoms with Crippen LogP contribution in [-0.4, -0.2) is 33.4 Å². The molecule has 0 fully saturated rings. The molecular formula is C17H23N3O2. The van der Waals surface area contributed by atoms with Crippen LogP contribution in [0, 0.1) is 0 Å². The molecule has 0 aliphatic heterocycles. The van der Waals surface area contributed by atoms with Gasteiger partial charge in [0.2, 0.25) is 0 Å². The van der Waals surface area contributed by atoms with E-state index in [9.17, 15) is 9.90 Å². The first-order valence-corrected chi connectivity index (χ1v) is 7.66. The van der Waals surface area contributed by atoms with Gasteiger partial charge in [-0.25, -0.2) is 0 Å². The molecule has 1 atom stereocenters. The van der Waals surface area contributed by atoms with Crippen molar-refractivity contribution in [2.24, 2.45) is 0 Å². The van der Waals surface area contributed by atoms with Gasteiger partial charge in [-0.1, -0.05) is 37.3 Å². The van der Waals surface area contributed by atoms with Gasteiger partial charge in [-0.15, -0.1) is 0 Å². The van der Waals surface area contributed by atoms with Gasteiger partial charge >= 0.3 is 0 Å². The van der Waals surface area contributed by atoms with E-state index < -0.39 is 6.10 Å². The number of hydrogen-bond donors (Lipinski definition) is 2. The van der Waals surface area contributed by atoms with Crippen LogP contribution in [0.5, 0.6) is 0 Å². The number of amides is 1. The molecule has 0 saturated heterocycles. The van der Waals surface area contributed by atoms with Gasteiger partial charge in [0.15, 0.2) is 0 Å². The van der Waals surface area contributed by atoms with E-state index in [1.807, 2.05) is 41.9 Å². The highest BCUT2D eigenvalue weighted by Crippen LogP contribution is 2.12. The molecule has 118 valence electrons. The van der Waals surface area contributed by atoms with Crippen molar-refractivity contribution in [3.63, 3.8) is 0 Å². The Kier molecular flexibility index (Phi) is 5.72. The second kappa shape index (κ2) is 7.75. The first-order chi connectivity index (χ1) is 10.6. The zero-order valence-electron chi connectivity index (χ0n) is 13.1. The Bertz CT molecular complexity index is 606. The summed E-state index contributed by atoms with van der Waals surface area (Å²) in [6, 6.07) is 10.1. The molecule has 1 heterocycles. The molecule has 0 spiro atoms. The number of aliphatic hydroxyl groups is 1. The molecule has 5 heteroatoms. The molecule has 22 heavy (non-hydrogen) atoms. The first kappa shape index (κ1) is 16.2. The lowest BCUT2D eigenvalue weighted by Crippen LogP contribution is -2.27. The van der Waals surface area contributed by atoms with E-state index in [1.165, 1.54) is 0 Å². The lowest BCUT2D eigenvalue weighted by molar-refractivity contribution is 0.0944. The quantitative estimate of drug-likeness (QED) is 0.822. The maximum absolute atomic E-state index is 12.2. The van der Waals surface area contributed by atoms with Crippen LogP contribution >= 0.6 is 0 Å². The topological polar surface area (TPSA) is 67.2 Å². The molecule has 0 aliphatic carbocycles. The Labute approximate surface area is 131 Å². The fourth-order valence-corrected chi connectivity index (χ4v) is 2.36. The largest absolute Gasteiger partial charge is 0.393 e. The summed E-state index contributed by atoms with van der Waals surface area (Å²) < 4.78 is 1.87. The standard InChI is InChI=1S/C17H23N3O2/c1-3-16-15(17(22)18-10-9-13(2)21)11-19-20(16)12-14-7-5-4-6-8-14/h4-8,11,13,21H,3,9-10,12H2,1-2H3,(H,18,22). The van der Waals surface area contributed by atoms with Crippen LogP contribution in [0.1, 0.15) is 41.9 Å². The van der Waals surface area contributed by atoms with Gasteiger partial charge < -0.3 is 10.4 Å². The number of aliphatic hydroxyl groups excluding tert-OH is 1. The van der Waals surface area contributed by atoms with E-state index in [0.717, 1.165) is 17.7 Å². The second-order valence-corrected chi connectivity index (χ2v) is 5.40. The third-order valence-corrected chi connectivity index (χ3v) is 3.55. The van der Waals surface area contributed by atoms with Gasteiger partial charge in [0.05, 0.1) is 30.1 Å². The molecule has 0 saturated carbocycles. The summed E-state index contributed by atoms with van der Waals surface area (Å²) in [5.74, 6) is -0.128. The van der Waals surface area contributed by atoms with Crippen molar-refractivity contribution in [1.29, 1.82) is 0 Å². The van der Waals surface area contributed by atoms with Gasteiger partial charge in [-0.05, 0) is 25.3 Å². The van der Waals surface area contributed by atoms with E-state index >= 15 is 0 Å². The highest BCUT2D eigenvalue weighted by atomic mass is 16.3. The predicted molar refractivity (Wildman–Crippen MR) is 85.8 cm³/mol. The summed E-state index contributed by atoms with van der Waals surface area (Å²) in [5.41, 5.74) is 2.70. The minimum Gasteiger partial charge on any atom is -0.393 e. The number of hydrogen-bond acceptors (Lipinski definition) is 3. The first-order valence-electron chi connectivity index (χ1n) is 7.66. The van der Waals surface area contributed by atoms with Gasteiger partial charge in [0.25, 0.3) is 5.91 Å². The average Bonchev–Trinajstić information content (AvgIpc) is 2.90. The van der Waals surface area contributed by atoms with Crippen molar-refractivity contribution in [2.75, 3.05) is 6.54 Å². The molecular weight excluding hydrogens is 278 g/mol. The number of aromatic nitrogens is 2. The summed E-state index contributed by atoms with van der Waals surface area (Å²) >= 11 is 0. The van der Waals surface area contributed by atoms with Gasteiger partial charge in [-0.2, -0.15) is 5.10 Å². The van der Waals surface area contributed by atoms with Gasteiger partial charge in [0.1, 0.15) is 0 Å². The SMILES string of the molecule is CCc1c(C(=O)NCCC(C)O)cnn1Cc1ccccc1. The third kappa shape index (κ3) is 4.18. The fourth-order valence-electron chi connectivity index (χ4n) is 2.36. The summed E-state index contributed by atoms with van der Waals surface area (Å²) in [6.45, 7) is 4.85. The number of nitrogens with zero attached hydrogens (tertiary/aromatic N) is 2. The highest BCUT2D eigenvalue weighted by Gasteiger charge is 2.16. The third-order valence-electron chi connectivity index (χ3n) is 3.55.